The van der Waals surface area contributed by atoms with Gasteiger partial charge in [0.15, 0.2) is 5.54 Å². The molecule has 0 unspecified atom stereocenters. The lowest BCUT2D eigenvalue weighted by Crippen LogP contribution is -2.54. The second-order valence-corrected chi connectivity index (χ2v) is 10.4. The van der Waals surface area contributed by atoms with E-state index in [1.54, 1.807) is 52.0 Å². The first-order chi connectivity index (χ1) is 18.0. The minimum atomic E-state index is -1.33. The Hall–Kier alpha value is -3.43. The Morgan fingerprint density at radius 3 is 2.55 bits per heavy atom. The van der Waals surface area contributed by atoms with Crippen LogP contribution in [0, 0.1) is 6.92 Å². The number of carbonyl (C=O) groups excluding carboxylic acids is 2. The summed E-state index contributed by atoms with van der Waals surface area (Å²) in [5, 5.41) is 8.93. The van der Waals surface area contributed by atoms with Crippen molar-refractivity contribution < 1.29 is 28.9 Å². The normalized spacial score (nSPS) is 18.9. The van der Waals surface area contributed by atoms with Crippen LogP contribution in [0.2, 0.25) is 0 Å². The molecule has 3 rings (SSSR count). The van der Waals surface area contributed by atoms with E-state index in [-0.39, 0.29) is 25.4 Å². The van der Waals surface area contributed by atoms with E-state index in [0.29, 0.717) is 36.8 Å². The number of hydrogen-bond acceptors (Lipinski definition) is 8. The number of esters is 1. The van der Waals surface area contributed by atoms with Crippen LogP contribution in [0.15, 0.2) is 53.5 Å². The van der Waals surface area contributed by atoms with Crippen LogP contribution >= 0.6 is 0 Å². The highest BCUT2D eigenvalue weighted by molar-refractivity contribution is 6.00. The van der Waals surface area contributed by atoms with Crippen LogP contribution in [0.25, 0.3) is 0 Å². The smallest absolute Gasteiger partial charge is 0.306 e. The minimum absolute atomic E-state index is 0.00465. The van der Waals surface area contributed by atoms with E-state index in [1.807, 2.05) is 31.2 Å². The number of ether oxygens (including phenoxy) is 3. The molecule has 3 N–H and O–H groups in total. The molecule has 0 spiro atoms. The molecule has 0 aromatic heterocycles. The lowest BCUT2D eigenvalue weighted by molar-refractivity contribution is -0.155. The molecule has 0 aliphatic carbocycles. The summed E-state index contributed by atoms with van der Waals surface area (Å²) in [6, 6.07) is 15.2. The summed E-state index contributed by atoms with van der Waals surface area (Å²) in [4.78, 5) is 30.8. The molecule has 2 atom stereocenters. The fourth-order valence-corrected chi connectivity index (χ4v) is 4.09. The Morgan fingerprint density at radius 1 is 1.16 bits per heavy atom. The van der Waals surface area contributed by atoms with Crippen molar-refractivity contribution in [2.45, 2.75) is 77.7 Å². The van der Waals surface area contributed by atoms with Crippen molar-refractivity contribution in [3.8, 4) is 5.75 Å². The van der Waals surface area contributed by atoms with Gasteiger partial charge in [-0.25, -0.2) is 10.4 Å². The lowest BCUT2D eigenvalue weighted by Gasteiger charge is -2.28. The number of nitrogens with one attached hydrogen (secondary N) is 2. The van der Waals surface area contributed by atoms with E-state index in [0.717, 1.165) is 11.1 Å². The molecule has 1 aliphatic heterocycles. The van der Waals surface area contributed by atoms with Gasteiger partial charge < -0.3 is 19.3 Å². The second kappa shape index (κ2) is 12.9. The van der Waals surface area contributed by atoms with Crippen molar-refractivity contribution in [3.05, 3.63) is 65.2 Å². The number of aliphatic imine (C=N–C) groups is 1. The largest absolute Gasteiger partial charge is 0.494 e. The van der Waals surface area contributed by atoms with Crippen molar-refractivity contribution in [3.63, 3.8) is 0 Å². The number of rotatable bonds is 12. The molecule has 0 saturated carbocycles. The van der Waals surface area contributed by atoms with Gasteiger partial charge in [-0.05, 0) is 70.9 Å². The van der Waals surface area contributed by atoms with Gasteiger partial charge in [0.2, 0.25) is 5.90 Å². The van der Waals surface area contributed by atoms with Crippen molar-refractivity contribution in [2.24, 2.45) is 4.99 Å². The molecule has 0 saturated heterocycles. The Kier molecular flexibility index (Phi) is 9.88. The maximum Gasteiger partial charge on any atom is 0.306 e. The third-order valence-corrected chi connectivity index (χ3v) is 6.03. The van der Waals surface area contributed by atoms with Crippen LogP contribution in [0.1, 0.15) is 63.6 Å². The number of aryl methyl sites for hydroxylation is 1. The molecule has 1 aliphatic rings. The predicted octanol–water partition coefficient (Wildman–Crippen LogP) is 3.60. The SMILES string of the molecule is Cc1cccc(CNNC(=O)[C@@]2(CCC(=O)OC(C)(C)C)N=C(c3ccc(OCCCO)cc3)O[C@H]2C)c1. The second-order valence-electron chi connectivity index (χ2n) is 10.4. The van der Waals surface area contributed by atoms with E-state index in [4.69, 9.17) is 24.3 Å². The van der Waals surface area contributed by atoms with E-state index < -0.39 is 23.2 Å². The van der Waals surface area contributed by atoms with E-state index in [1.165, 1.54) is 0 Å². The quantitative estimate of drug-likeness (QED) is 0.220. The molecular formula is C29H39N3O6. The topological polar surface area (TPSA) is 118 Å². The Labute approximate surface area is 224 Å². The average Bonchev–Trinajstić information content (AvgIpc) is 3.19. The molecule has 1 amide bonds. The molecule has 2 aromatic rings. The molecule has 2 aromatic carbocycles. The fraction of sp³-hybridized carbons (Fsp3) is 0.483. The minimum Gasteiger partial charge on any atom is -0.494 e. The van der Waals surface area contributed by atoms with E-state index >= 15 is 0 Å². The summed E-state index contributed by atoms with van der Waals surface area (Å²) in [5.74, 6) is 0.179. The number of hydrazine groups is 1. The van der Waals surface area contributed by atoms with Gasteiger partial charge in [-0.1, -0.05) is 29.8 Å². The number of aliphatic hydroxyl groups excluding tert-OH is 1. The lowest BCUT2D eigenvalue weighted by atomic mass is 9.88. The van der Waals surface area contributed by atoms with Crippen LogP contribution in [-0.4, -0.2) is 53.3 Å². The molecule has 9 heteroatoms. The summed E-state index contributed by atoms with van der Waals surface area (Å²) < 4.78 is 17.1. The highest BCUT2D eigenvalue weighted by Crippen LogP contribution is 2.34. The maximum atomic E-state index is 13.6. The third kappa shape index (κ3) is 8.03. The zero-order chi connectivity index (χ0) is 27.8. The first-order valence-corrected chi connectivity index (χ1v) is 12.9. The zero-order valence-corrected chi connectivity index (χ0v) is 22.9. The van der Waals surface area contributed by atoms with Gasteiger partial charge in [0.25, 0.3) is 5.91 Å². The summed E-state index contributed by atoms with van der Waals surface area (Å²) in [6.07, 6.45) is 0.0426. The number of carbonyl (C=O) groups is 2. The summed E-state index contributed by atoms with van der Waals surface area (Å²) in [6.45, 7) is 10.1. The first kappa shape index (κ1) is 29.1. The monoisotopic (exact) mass is 525 g/mol. The number of hydrogen-bond donors (Lipinski definition) is 3. The zero-order valence-electron chi connectivity index (χ0n) is 22.9. The van der Waals surface area contributed by atoms with E-state index in [2.05, 4.69) is 10.9 Å². The number of nitrogens with zero attached hydrogens (tertiary/aromatic N) is 1. The Morgan fingerprint density at radius 2 is 1.89 bits per heavy atom. The average molecular weight is 526 g/mol. The number of aliphatic hydroxyl groups is 1. The van der Waals surface area contributed by atoms with E-state index in [9.17, 15) is 9.59 Å². The van der Waals surface area contributed by atoms with Crippen LogP contribution in [0.3, 0.4) is 0 Å². The predicted molar refractivity (Wildman–Crippen MR) is 145 cm³/mol. The van der Waals surface area contributed by atoms with Gasteiger partial charge in [0, 0.05) is 31.6 Å². The fourth-order valence-electron chi connectivity index (χ4n) is 4.09. The highest BCUT2D eigenvalue weighted by Gasteiger charge is 2.50. The summed E-state index contributed by atoms with van der Waals surface area (Å²) in [5.41, 5.74) is 6.64. The number of benzene rings is 2. The molecule has 9 nitrogen and oxygen atoms in total. The van der Waals surface area contributed by atoms with Gasteiger partial charge in [0.05, 0.1) is 6.61 Å². The summed E-state index contributed by atoms with van der Waals surface area (Å²) >= 11 is 0. The van der Waals surface area contributed by atoms with Crippen molar-refractivity contribution >= 4 is 17.8 Å². The Balaban J connectivity index is 1.78. The standard InChI is InChI=1S/C29H39N3O6/c1-20-8-6-9-22(18-20)19-30-32-27(35)29(15-14-25(34)38-28(3,4)5)21(2)37-26(31-29)23-10-12-24(13-11-23)36-17-7-16-33/h6,8-13,18,21,30,33H,7,14-17,19H2,1-5H3,(H,32,35)/t21-,29-/m0/s1. The molecule has 0 bridgehead atoms. The third-order valence-electron chi connectivity index (χ3n) is 6.03. The highest BCUT2D eigenvalue weighted by atomic mass is 16.6. The summed E-state index contributed by atoms with van der Waals surface area (Å²) in [7, 11) is 0. The van der Waals surface area contributed by atoms with Gasteiger partial charge in [-0.2, -0.15) is 0 Å². The number of amides is 1. The molecule has 1 heterocycles. The van der Waals surface area contributed by atoms with Gasteiger partial charge >= 0.3 is 5.97 Å². The first-order valence-electron chi connectivity index (χ1n) is 12.9. The molecule has 0 fully saturated rings. The molecule has 206 valence electrons. The van der Waals surface area contributed by atoms with Crippen LogP contribution in [0.5, 0.6) is 5.75 Å². The van der Waals surface area contributed by atoms with Gasteiger partial charge in [-0.3, -0.25) is 15.0 Å². The van der Waals surface area contributed by atoms with Crippen molar-refractivity contribution in [1.29, 1.82) is 0 Å². The molecular weight excluding hydrogens is 486 g/mol. The Bertz CT molecular complexity index is 1130. The van der Waals surface area contributed by atoms with Gasteiger partial charge in [-0.15, -0.1) is 0 Å². The van der Waals surface area contributed by atoms with Crippen LogP contribution in [-0.2, 0) is 25.6 Å². The molecule has 38 heavy (non-hydrogen) atoms. The van der Waals surface area contributed by atoms with Gasteiger partial charge in [0.1, 0.15) is 17.5 Å². The maximum absolute atomic E-state index is 13.6. The molecule has 0 radical (unpaired) electrons. The van der Waals surface area contributed by atoms with Crippen molar-refractivity contribution in [1.82, 2.24) is 10.9 Å². The van der Waals surface area contributed by atoms with Crippen LogP contribution < -0.4 is 15.6 Å². The van der Waals surface area contributed by atoms with Crippen LogP contribution in [0.4, 0.5) is 0 Å². The van der Waals surface area contributed by atoms with Crippen molar-refractivity contribution in [2.75, 3.05) is 13.2 Å².